The van der Waals surface area contributed by atoms with Crippen molar-refractivity contribution in [2.75, 3.05) is 18.0 Å². The van der Waals surface area contributed by atoms with Crippen LogP contribution in [0.5, 0.6) is 0 Å². The Morgan fingerprint density at radius 2 is 2.00 bits per heavy atom. The Balaban J connectivity index is 2.64. The lowest BCUT2D eigenvalue weighted by Gasteiger charge is -2.19. The number of anilines is 1. The maximum atomic E-state index is 12.3. The Hall–Kier alpha value is -1.31. The van der Waals surface area contributed by atoms with E-state index in [1.807, 2.05) is 13.8 Å². The van der Waals surface area contributed by atoms with Crippen molar-refractivity contribution in [3.8, 4) is 0 Å². The average molecular weight is 266 g/mol. The number of rotatable bonds is 6. The average Bonchev–Trinajstić information content (AvgIpc) is 2.70. The predicted octanol–water partition coefficient (Wildman–Crippen LogP) is 1.96. The van der Waals surface area contributed by atoms with Gasteiger partial charge in [-0.1, -0.05) is 18.9 Å². The van der Waals surface area contributed by atoms with E-state index in [-0.39, 0.29) is 24.5 Å². The number of nitrogens with one attached hydrogen (secondary N) is 1. The molecule has 0 aliphatic carbocycles. The standard InChI is InChI=1S/C10H17F3N4O/c1-4-17(6-10(11,12)13)9-16-15-8(18-9)5-14-7(2)3/h7,14H,4-6H2,1-3H3. The van der Waals surface area contributed by atoms with Gasteiger partial charge in [0.25, 0.3) is 0 Å². The summed E-state index contributed by atoms with van der Waals surface area (Å²) in [6.07, 6.45) is -4.29. The molecule has 0 radical (unpaired) electrons. The van der Waals surface area contributed by atoms with E-state index in [1.54, 1.807) is 6.92 Å². The minimum atomic E-state index is -4.29. The summed E-state index contributed by atoms with van der Waals surface area (Å²) in [5, 5.41) is 10.4. The molecule has 0 bridgehead atoms. The Morgan fingerprint density at radius 3 is 2.50 bits per heavy atom. The number of hydrogen-bond acceptors (Lipinski definition) is 5. The largest absolute Gasteiger partial charge is 0.407 e. The first-order chi connectivity index (χ1) is 8.31. The summed E-state index contributed by atoms with van der Waals surface area (Å²) in [5.74, 6) is 0.277. The highest BCUT2D eigenvalue weighted by molar-refractivity contribution is 5.23. The van der Waals surface area contributed by atoms with E-state index in [1.165, 1.54) is 0 Å². The van der Waals surface area contributed by atoms with Crippen LogP contribution < -0.4 is 10.2 Å². The van der Waals surface area contributed by atoms with Crippen LogP contribution >= 0.6 is 0 Å². The summed E-state index contributed by atoms with van der Waals surface area (Å²) in [7, 11) is 0. The highest BCUT2D eigenvalue weighted by Crippen LogP contribution is 2.20. The molecule has 0 saturated carbocycles. The molecule has 1 rings (SSSR count). The minimum Gasteiger partial charge on any atom is -0.407 e. The van der Waals surface area contributed by atoms with Crippen molar-refractivity contribution >= 4 is 6.01 Å². The molecule has 0 aliphatic heterocycles. The first-order valence-electron chi connectivity index (χ1n) is 5.69. The summed E-state index contributed by atoms with van der Waals surface area (Å²) in [6.45, 7) is 4.89. The maximum Gasteiger partial charge on any atom is 0.406 e. The van der Waals surface area contributed by atoms with Crippen LogP contribution in [0.4, 0.5) is 19.2 Å². The van der Waals surface area contributed by atoms with Gasteiger partial charge in [0.2, 0.25) is 5.89 Å². The van der Waals surface area contributed by atoms with E-state index >= 15 is 0 Å². The number of alkyl halides is 3. The van der Waals surface area contributed by atoms with Crippen molar-refractivity contribution in [1.82, 2.24) is 15.5 Å². The summed E-state index contributed by atoms with van der Waals surface area (Å²) in [4.78, 5) is 0.992. The molecule has 0 unspecified atom stereocenters. The molecule has 0 atom stereocenters. The first kappa shape index (κ1) is 14.7. The molecular weight excluding hydrogens is 249 g/mol. The fourth-order valence-corrected chi connectivity index (χ4v) is 1.27. The first-order valence-corrected chi connectivity index (χ1v) is 5.69. The monoisotopic (exact) mass is 266 g/mol. The van der Waals surface area contributed by atoms with Crippen LogP contribution in [-0.4, -0.2) is 35.5 Å². The second-order valence-corrected chi connectivity index (χ2v) is 4.14. The van der Waals surface area contributed by atoms with E-state index in [0.29, 0.717) is 6.54 Å². The lowest BCUT2D eigenvalue weighted by Crippen LogP contribution is -2.34. The van der Waals surface area contributed by atoms with Gasteiger partial charge < -0.3 is 14.6 Å². The van der Waals surface area contributed by atoms with E-state index < -0.39 is 12.7 Å². The third-order valence-electron chi connectivity index (χ3n) is 2.14. The molecule has 0 fully saturated rings. The van der Waals surface area contributed by atoms with Crippen molar-refractivity contribution < 1.29 is 17.6 Å². The van der Waals surface area contributed by atoms with Gasteiger partial charge in [0.05, 0.1) is 6.54 Å². The molecule has 5 nitrogen and oxygen atoms in total. The van der Waals surface area contributed by atoms with Gasteiger partial charge in [-0.2, -0.15) is 13.2 Å². The van der Waals surface area contributed by atoms with Crippen LogP contribution in [0.2, 0.25) is 0 Å². The Kier molecular flexibility index (Phi) is 4.94. The topological polar surface area (TPSA) is 54.2 Å². The maximum absolute atomic E-state index is 12.3. The van der Waals surface area contributed by atoms with E-state index in [0.717, 1.165) is 4.90 Å². The van der Waals surface area contributed by atoms with Crippen LogP contribution in [0.15, 0.2) is 4.42 Å². The van der Waals surface area contributed by atoms with E-state index in [2.05, 4.69) is 15.5 Å². The lowest BCUT2D eigenvalue weighted by atomic mass is 10.4. The quantitative estimate of drug-likeness (QED) is 0.853. The van der Waals surface area contributed by atoms with Gasteiger partial charge in [-0.15, -0.1) is 5.10 Å². The van der Waals surface area contributed by atoms with Gasteiger partial charge in [-0.3, -0.25) is 0 Å². The molecule has 18 heavy (non-hydrogen) atoms. The van der Waals surface area contributed by atoms with Gasteiger partial charge in [0.15, 0.2) is 0 Å². The summed E-state index contributed by atoms with van der Waals surface area (Å²) in [6, 6.07) is 0.133. The van der Waals surface area contributed by atoms with Crippen molar-refractivity contribution in [2.45, 2.75) is 39.5 Å². The molecule has 8 heteroatoms. The molecule has 0 aromatic carbocycles. The molecule has 0 aliphatic rings. The molecule has 0 spiro atoms. The molecular formula is C10H17F3N4O. The fourth-order valence-electron chi connectivity index (χ4n) is 1.27. The molecule has 1 aromatic rings. The fraction of sp³-hybridized carbons (Fsp3) is 0.800. The molecule has 1 aromatic heterocycles. The SMILES string of the molecule is CCN(CC(F)(F)F)c1nnc(CNC(C)C)o1. The lowest BCUT2D eigenvalue weighted by molar-refractivity contribution is -0.120. The van der Waals surface area contributed by atoms with Crippen LogP contribution in [0, 0.1) is 0 Å². The normalized spacial score (nSPS) is 12.2. The number of halogens is 3. The van der Waals surface area contributed by atoms with Crippen LogP contribution in [0.1, 0.15) is 26.7 Å². The minimum absolute atomic E-state index is 0.101. The highest BCUT2D eigenvalue weighted by Gasteiger charge is 2.32. The van der Waals surface area contributed by atoms with Crippen LogP contribution in [0.25, 0.3) is 0 Å². The highest BCUT2D eigenvalue weighted by atomic mass is 19.4. The van der Waals surface area contributed by atoms with Crippen molar-refractivity contribution in [3.63, 3.8) is 0 Å². The molecule has 0 amide bonds. The van der Waals surface area contributed by atoms with Crippen molar-refractivity contribution in [2.24, 2.45) is 0 Å². The predicted molar refractivity (Wildman–Crippen MR) is 60.2 cm³/mol. The van der Waals surface area contributed by atoms with Gasteiger partial charge >= 0.3 is 12.2 Å². The van der Waals surface area contributed by atoms with E-state index in [4.69, 9.17) is 4.42 Å². The zero-order chi connectivity index (χ0) is 13.8. The third kappa shape index (κ3) is 4.91. The summed E-state index contributed by atoms with van der Waals surface area (Å²) < 4.78 is 42.1. The number of hydrogen-bond donors (Lipinski definition) is 1. The molecule has 104 valence electrons. The van der Waals surface area contributed by atoms with Gasteiger partial charge in [0, 0.05) is 12.6 Å². The van der Waals surface area contributed by atoms with Gasteiger partial charge in [-0.05, 0) is 6.92 Å². The Bertz CT molecular complexity index is 364. The molecule has 1 N–H and O–H groups in total. The zero-order valence-electron chi connectivity index (χ0n) is 10.6. The summed E-state index contributed by atoms with van der Waals surface area (Å²) in [5.41, 5.74) is 0. The second kappa shape index (κ2) is 6.03. The zero-order valence-corrected chi connectivity index (χ0v) is 10.6. The summed E-state index contributed by atoms with van der Waals surface area (Å²) >= 11 is 0. The number of aromatic nitrogens is 2. The number of nitrogens with zero attached hydrogens (tertiary/aromatic N) is 3. The van der Waals surface area contributed by atoms with Gasteiger partial charge in [-0.25, -0.2) is 0 Å². The van der Waals surface area contributed by atoms with Crippen LogP contribution in [0.3, 0.4) is 0 Å². The van der Waals surface area contributed by atoms with Crippen molar-refractivity contribution in [3.05, 3.63) is 5.89 Å². The second-order valence-electron chi connectivity index (χ2n) is 4.14. The van der Waals surface area contributed by atoms with Gasteiger partial charge in [0.1, 0.15) is 6.54 Å². The molecule has 0 saturated heterocycles. The smallest absolute Gasteiger partial charge is 0.406 e. The molecule has 1 heterocycles. The van der Waals surface area contributed by atoms with E-state index in [9.17, 15) is 13.2 Å². The third-order valence-corrected chi connectivity index (χ3v) is 2.14. The Morgan fingerprint density at radius 1 is 1.33 bits per heavy atom. The van der Waals surface area contributed by atoms with Crippen LogP contribution in [-0.2, 0) is 6.54 Å². The van der Waals surface area contributed by atoms with Crippen molar-refractivity contribution in [1.29, 1.82) is 0 Å². The Labute approximate surface area is 103 Å².